The second-order valence-electron chi connectivity index (χ2n) is 11.3. The van der Waals surface area contributed by atoms with Gasteiger partial charge in [-0.15, -0.1) is 6.58 Å². The van der Waals surface area contributed by atoms with Crippen LogP contribution in [0, 0.1) is 0 Å². The molecule has 0 N–H and O–H groups in total. The molecule has 0 amide bonds. The summed E-state index contributed by atoms with van der Waals surface area (Å²) < 4.78 is 8.83. The zero-order valence-corrected chi connectivity index (χ0v) is 27.8. The van der Waals surface area contributed by atoms with Gasteiger partial charge in [-0.05, 0) is 43.3 Å². The lowest BCUT2D eigenvalue weighted by molar-refractivity contribution is 0.673. The topological polar surface area (TPSA) is 56.7 Å². The summed E-state index contributed by atoms with van der Waals surface area (Å²) in [5.74, 6) is 1.88. The van der Waals surface area contributed by atoms with Gasteiger partial charge in [0.25, 0.3) is 0 Å². The zero-order chi connectivity index (χ0) is 33.7. The standard InChI is InChI=1S/C39H24N4O.C3H6.C2H6/c1-3-13-25(14-4-1)37-40-38(26-15-5-2-6-16-26)42-39(41-37)30-19-8-11-21-32(30)43-31-20-10-7-18-29(31)35-33(43)24-23-28-27-17-9-12-22-34(27)44-36(28)35;1-3-2;1-2/h1-24H;3H,1H2,2H3;1-2H3. The maximum absolute atomic E-state index is 6.52. The van der Waals surface area contributed by atoms with Crippen molar-refractivity contribution in [1.29, 1.82) is 0 Å². The highest BCUT2D eigenvalue weighted by atomic mass is 16.3. The fraction of sp³-hybridized carbons (Fsp3) is 0.0682. The van der Waals surface area contributed by atoms with E-state index in [0.717, 1.165) is 66.1 Å². The molecular weight excluding hydrogens is 601 g/mol. The summed E-state index contributed by atoms with van der Waals surface area (Å²) in [6, 6.07) is 49.6. The van der Waals surface area contributed by atoms with Crippen molar-refractivity contribution in [3.05, 3.63) is 158 Å². The van der Waals surface area contributed by atoms with Gasteiger partial charge in [-0.2, -0.15) is 0 Å². The first-order chi connectivity index (χ1) is 24.2. The van der Waals surface area contributed by atoms with Crippen molar-refractivity contribution in [1.82, 2.24) is 19.5 Å². The number of para-hydroxylation sites is 3. The highest BCUT2D eigenvalue weighted by molar-refractivity contribution is 6.24. The van der Waals surface area contributed by atoms with Crippen LogP contribution in [0.5, 0.6) is 0 Å². The number of aromatic nitrogens is 4. The van der Waals surface area contributed by atoms with Gasteiger partial charge in [-0.1, -0.05) is 129 Å². The third-order valence-corrected chi connectivity index (χ3v) is 8.27. The van der Waals surface area contributed by atoms with Gasteiger partial charge in [-0.25, -0.2) is 15.0 Å². The molecule has 5 nitrogen and oxygen atoms in total. The maximum atomic E-state index is 6.52. The van der Waals surface area contributed by atoms with Gasteiger partial charge < -0.3 is 8.98 Å². The minimum Gasteiger partial charge on any atom is -0.455 e. The molecule has 0 aliphatic heterocycles. The Morgan fingerprint density at radius 1 is 0.531 bits per heavy atom. The summed E-state index contributed by atoms with van der Waals surface area (Å²) in [4.78, 5) is 15.0. The molecule has 9 rings (SSSR count). The molecule has 238 valence electrons. The monoisotopic (exact) mass is 636 g/mol. The highest BCUT2D eigenvalue weighted by Crippen LogP contribution is 2.41. The molecule has 0 radical (unpaired) electrons. The smallest absolute Gasteiger partial charge is 0.166 e. The van der Waals surface area contributed by atoms with Gasteiger partial charge in [0, 0.05) is 32.8 Å². The van der Waals surface area contributed by atoms with E-state index < -0.39 is 0 Å². The van der Waals surface area contributed by atoms with E-state index in [2.05, 4.69) is 77.9 Å². The van der Waals surface area contributed by atoms with Gasteiger partial charge in [-0.3, -0.25) is 0 Å². The van der Waals surface area contributed by atoms with Crippen molar-refractivity contribution in [2.24, 2.45) is 0 Å². The Bertz CT molecular complexity index is 2490. The average Bonchev–Trinajstić information content (AvgIpc) is 3.72. The first-order valence-electron chi connectivity index (χ1n) is 16.6. The quantitative estimate of drug-likeness (QED) is 0.180. The second kappa shape index (κ2) is 13.8. The molecule has 3 heterocycles. The zero-order valence-electron chi connectivity index (χ0n) is 27.8. The van der Waals surface area contributed by atoms with E-state index >= 15 is 0 Å². The molecule has 3 aromatic heterocycles. The minimum absolute atomic E-state index is 0.615. The fourth-order valence-corrected chi connectivity index (χ4v) is 6.28. The molecule has 0 spiro atoms. The SMILES string of the molecule is C=CC.CC.c1ccc(-c2nc(-c3ccccc3)nc(-c3ccccc3-n3c4ccccc4c4c5oc6ccccc6c5ccc43)n2)cc1. The van der Waals surface area contributed by atoms with Crippen molar-refractivity contribution in [2.45, 2.75) is 20.8 Å². The first kappa shape index (κ1) is 31.3. The number of fused-ring (bicyclic) bond motifs is 7. The van der Waals surface area contributed by atoms with E-state index in [1.165, 1.54) is 0 Å². The van der Waals surface area contributed by atoms with Crippen molar-refractivity contribution >= 4 is 43.7 Å². The number of hydrogen-bond acceptors (Lipinski definition) is 4. The molecule has 0 fully saturated rings. The Labute approximate surface area is 285 Å². The van der Waals surface area contributed by atoms with Gasteiger partial charge in [0.1, 0.15) is 11.2 Å². The Morgan fingerprint density at radius 2 is 1.06 bits per heavy atom. The van der Waals surface area contributed by atoms with Crippen LogP contribution < -0.4 is 0 Å². The molecule has 0 bridgehead atoms. The Hall–Kier alpha value is -6.33. The predicted octanol–water partition coefficient (Wildman–Crippen LogP) is 12.1. The lowest BCUT2D eigenvalue weighted by atomic mass is 10.1. The lowest BCUT2D eigenvalue weighted by Gasteiger charge is -2.14. The van der Waals surface area contributed by atoms with Gasteiger partial charge in [0.05, 0.1) is 22.1 Å². The van der Waals surface area contributed by atoms with E-state index in [9.17, 15) is 0 Å². The van der Waals surface area contributed by atoms with E-state index in [1.54, 1.807) is 6.08 Å². The van der Waals surface area contributed by atoms with Crippen LogP contribution in [0.4, 0.5) is 0 Å². The van der Waals surface area contributed by atoms with Crippen LogP contribution >= 0.6 is 0 Å². The van der Waals surface area contributed by atoms with Crippen LogP contribution in [0.15, 0.2) is 163 Å². The van der Waals surface area contributed by atoms with Crippen LogP contribution in [0.1, 0.15) is 20.8 Å². The van der Waals surface area contributed by atoms with E-state index in [-0.39, 0.29) is 0 Å². The van der Waals surface area contributed by atoms with Crippen LogP contribution in [0.25, 0.3) is 83.6 Å². The molecule has 0 saturated carbocycles. The normalized spacial score (nSPS) is 10.8. The first-order valence-corrected chi connectivity index (χ1v) is 16.6. The molecule has 0 saturated heterocycles. The summed E-state index contributed by atoms with van der Waals surface area (Å²) in [5, 5.41) is 4.46. The summed E-state index contributed by atoms with van der Waals surface area (Å²) >= 11 is 0. The predicted molar refractivity (Wildman–Crippen MR) is 205 cm³/mol. The van der Waals surface area contributed by atoms with Gasteiger partial charge in [0.2, 0.25) is 0 Å². The lowest BCUT2D eigenvalue weighted by Crippen LogP contribution is -2.03. The van der Waals surface area contributed by atoms with Crippen LogP contribution in [0.2, 0.25) is 0 Å². The second-order valence-corrected chi connectivity index (χ2v) is 11.3. The fourth-order valence-electron chi connectivity index (χ4n) is 6.28. The molecule has 0 atom stereocenters. The van der Waals surface area contributed by atoms with Gasteiger partial charge in [0.15, 0.2) is 17.5 Å². The molecule has 5 heteroatoms. The maximum Gasteiger partial charge on any atom is 0.166 e. The van der Waals surface area contributed by atoms with Crippen molar-refractivity contribution in [3.63, 3.8) is 0 Å². The number of rotatable bonds is 4. The number of furan rings is 1. The molecule has 0 unspecified atom stereocenters. The van der Waals surface area contributed by atoms with Crippen molar-refractivity contribution in [3.8, 4) is 39.9 Å². The number of benzene rings is 6. The van der Waals surface area contributed by atoms with Crippen molar-refractivity contribution in [2.75, 3.05) is 0 Å². The van der Waals surface area contributed by atoms with Crippen molar-refractivity contribution < 1.29 is 4.42 Å². The summed E-state index contributed by atoms with van der Waals surface area (Å²) in [7, 11) is 0. The van der Waals surface area contributed by atoms with Gasteiger partial charge >= 0.3 is 0 Å². The van der Waals surface area contributed by atoms with E-state index in [1.807, 2.05) is 99.6 Å². The molecule has 6 aromatic carbocycles. The Balaban J connectivity index is 0.000000719. The molecule has 0 aliphatic rings. The summed E-state index contributed by atoms with van der Waals surface area (Å²) in [6.07, 6.45) is 1.75. The van der Waals surface area contributed by atoms with Crippen LogP contribution in [-0.4, -0.2) is 19.5 Å². The number of allylic oxidation sites excluding steroid dienone is 1. The highest BCUT2D eigenvalue weighted by Gasteiger charge is 2.21. The molecule has 9 aromatic rings. The number of hydrogen-bond donors (Lipinski definition) is 0. The van der Waals surface area contributed by atoms with E-state index in [4.69, 9.17) is 19.4 Å². The molecular formula is C44H36N4O. The van der Waals surface area contributed by atoms with Crippen LogP contribution in [0.3, 0.4) is 0 Å². The summed E-state index contributed by atoms with van der Waals surface area (Å²) in [6.45, 7) is 9.25. The number of nitrogens with zero attached hydrogens (tertiary/aromatic N) is 4. The van der Waals surface area contributed by atoms with E-state index in [0.29, 0.717) is 17.5 Å². The largest absolute Gasteiger partial charge is 0.455 e. The molecule has 49 heavy (non-hydrogen) atoms. The average molecular weight is 637 g/mol. The third-order valence-electron chi connectivity index (χ3n) is 8.27. The Morgan fingerprint density at radius 3 is 1.73 bits per heavy atom. The minimum atomic E-state index is 0.615. The Kier molecular flexibility index (Phi) is 8.81. The molecule has 0 aliphatic carbocycles. The third kappa shape index (κ3) is 5.66. The summed E-state index contributed by atoms with van der Waals surface area (Å²) in [5.41, 5.74) is 7.71. The van der Waals surface area contributed by atoms with Crippen LogP contribution in [-0.2, 0) is 0 Å².